The van der Waals surface area contributed by atoms with Crippen molar-refractivity contribution in [2.45, 2.75) is 123 Å². The van der Waals surface area contributed by atoms with Gasteiger partial charge in [0.2, 0.25) is 23.6 Å². The Hall–Kier alpha value is -7.49. The van der Waals surface area contributed by atoms with Crippen LogP contribution in [0.3, 0.4) is 0 Å². The maximum Gasteiger partial charge on any atom is 0.419 e. The molecule has 5 aromatic rings. The van der Waals surface area contributed by atoms with Crippen LogP contribution < -0.4 is 26.6 Å². The van der Waals surface area contributed by atoms with Gasteiger partial charge in [-0.15, -0.1) is 0 Å². The van der Waals surface area contributed by atoms with Gasteiger partial charge in [-0.1, -0.05) is 131 Å². The molecule has 4 aromatic carbocycles. The van der Waals surface area contributed by atoms with Crippen molar-refractivity contribution in [1.82, 2.24) is 31.2 Å². The van der Waals surface area contributed by atoms with Crippen molar-refractivity contribution in [3.63, 3.8) is 0 Å². The molecule has 71 heavy (non-hydrogen) atoms. The van der Waals surface area contributed by atoms with E-state index in [9.17, 15) is 38.7 Å². The van der Waals surface area contributed by atoms with Crippen molar-refractivity contribution in [3.05, 3.63) is 132 Å². The predicted octanol–water partition coefficient (Wildman–Crippen LogP) is 7.25. The van der Waals surface area contributed by atoms with Crippen LogP contribution in [0.1, 0.15) is 96.4 Å². The van der Waals surface area contributed by atoms with Gasteiger partial charge in [-0.05, 0) is 85.4 Å². The number of alkyl carbamates (subject to hydrolysis) is 1. The molecule has 0 bridgehead atoms. The van der Waals surface area contributed by atoms with E-state index in [4.69, 9.17) is 9.47 Å². The molecular formula is C55H66N6O10. The molecule has 6 atom stereocenters. The number of nitrogens with zero attached hydrogens (tertiary/aromatic N) is 1. The van der Waals surface area contributed by atoms with Gasteiger partial charge in [0.1, 0.15) is 42.4 Å². The van der Waals surface area contributed by atoms with E-state index in [1.54, 1.807) is 88.5 Å². The second-order valence-corrected chi connectivity index (χ2v) is 19.6. The molecule has 376 valence electrons. The van der Waals surface area contributed by atoms with Gasteiger partial charge in [0.15, 0.2) is 0 Å². The molecule has 1 aromatic heterocycles. The van der Waals surface area contributed by atoms with E-state index in [-0.39, 0.29) is 37.7 Å². The lowest BCUT2D eigenvalue weighted by molar-refractivity contribution is -0.142. The van der Waals surface area contributed by atoms with Crippen molar-refractivity contribution in [2.24, 2.45) is 11.8 Å². The van der Waals surface area contributed by atoms with Crippen LogP contribution >= 0.6 is 0 Å². The van der Waals surface area contributed by atoms with E-state index < -0.39 is 83.5 Å². The van der Waals surface area contributed by atoms with Crippen molar-refractivity contribution in [2.75, 3.05) is 6.61 Å². The van der Waals surface area contributed by atoms with Crippen molar-refractivity contribution >= 4 is 52.7 Å². The maximum atomic E-state index is 14.5. The summed E-state index contributed by atoms with van der Waals surface area (Å²) >= 11 is 0. The molecule has 0 aliphatic heterocycles. The van der Waals surface area contributed by atoms with Crippen LogP contribution in [-0.4, -0.2) is 93.9 Å². The number of carboxylic acid groups (broad SMARTS) is 1. The molecule has 16 heteroatoms. The van der Waals surface area contributed by atoms with Gasteiger partial charge in [0.05, 0.1) is 5.52 Å². The lowest BCUT2D eigenvalue weighted by Gasteiger charge is -2.28. The number of carbonyl (C=O) groups is 7. The number of aliphatic carboxylic acids is 1. The molecular weight excluding hydrogens is 905 g/mol. The average molecular weight is 971 g/mol. The Kier molecular flexibility index (Phi) is 17.4. The molecule has 16 nitrogen and oxygen atoms in total. The largest absolute Gasteiger partial charge is 0.480 e. The van der Waals surface area contributed by atoms with E-state index in [1.165, 1.54) is 11.5 Å². The highest BCUT2D eigenvalue weighted by atomic mass is 16.6. The van der Waals surface area contributed by atoms with E-state index >= 15 is 0 Å². The standard InChI is InChI=1S/C55H66N6O10/c1-9-33(4)47(51(65)58-45(52(66)67)28-35-19-11-10-12-20-35)60-48(62)34(5)56-49(63)44(29-36-30-61(54(69)71-55(6,7)8)46-26-18-17-21-37(36)46)57-50(64)43(27-32(2)3)59-53(68)70-31-42-40-24-15-13-22-38(40)39-23-14-16-25-41(39)42/h10-26,30,32-34,42-45,47H,9,27-29,31H2,1-8H3,(H,56,63)(H,57,64)(H,58,65)(H,59,68)(H,60,62)(H,66,67)/t33-,34-,43-,44-,45-,47-/m0/s1. The summed E-state index contributed by atoms with van der Waals surface area (Å²) in [5, 5.41) is 24.1. The van der Waals surface area contributed by atoms with Gasteiger partial charge >= 0.3 is 18.2 Å². The van der Waals surface area contributed by atoms with Crippen LogP contribution in [0.2, 0.25) is 0 Å². The number of fused-ring (bicyclic) bond motifs is 4. The second-order valence-electron chi connectivity index (χ2n) is 19.6. The molecule has 0 saturated carbocycles. The van der Waals surface area contributed by atoms with Crippen LogP contribution in [0.4, 0.5) is 9.59 Å². The average Bonchev–Trinajstić information content (AvgIpc) is 3.86. The van der Waals surface area contributed by atoms with Crippen LogP contribution in [0.15, 0.2) is 109 Å². The summed E-state index contributed by atoms with van der Waals surface area (Å²) in [5.74, 6) is -4.93. The van der Waals surface area contributed by atoms with Gasteiger partial charge in [0.25, 0.3) is 0 Å². The molecule has 1 aliphatic carbocycles. The van der Waals surface area contributed by atoms with Gasteiger partial charge in [-0.3, -0.25) is 23.7 Å². The summed E-state index contributed by atoms with van der Waals surface area (Å²) in [6, 6.07) is 25.4. The molecule has 6 N–H and O–H groups in total. The Bertz CT molecular complexity index is 2680. The SMILES string of the molecule is CC[C@H](C)[C@H](NC(=O)[C@H](C)NC(=O)[C@H](Cc1cn(C(=O)OC(C)(C)C)c2ccccc12)NC(=O)[C@H](CC(C)C)NC(=O)OCC1c2ccccc2-c2ccccc21)C(=O)N[C@@H](Cc1ccccc1)C(=O)O. The monoisotopic (exact) mass is 970 g/mol. The number of rotatable bonds is 20. The van der Waals surface area contributed by atoms with Gasteiger partial charge in [-0.2, -0.15) is 0 Å². The molecule has 5 amide bonds. The fourth-order valence-corrected chi connectivity index (χ4v) is 8.73. The fourth-order valence-electron chi connectivity index (χ4n) is 8.73. The van der Waals surface area contributed by atoms with Crippen LogP contribution in [0.5, 0.6) is 0 Å². The van der Waals surface area contributed by atoms with Gasteiger partial charge in [0, 0.05) is 30.3 Å². The first-order valence-electron chi connectivity index (χ1n) is 24.2. The zero-order valence-corrected chi connectivity index (χ0v) is 41.6. The Morgan fingerprint density at radius 3 is 1.83 bits per heavy atom. The molecule has 0 fully saturated rings. The number of hydrogen-bond acceptors (Lipinski definition) is 9. The Labute approximate surface area is 414 Å². The Balaban J connectivity index is 1.22. The first kappa shape index (κ1) is 52.9. The van der Waals surface area contributed by atoms with E-state index in [1.807, 2.05) is 69.3 Å². The number of aromatic nitrogens is 1. The number of para-hydroxylation sites is 1. The molecule has 1 heterocycles. The highest BCUT2D eigenvalue weighted by Gasteiger charge is 2.35. The number of hydrogen-bond donors (Lipinski definition) is 6. The number of ether oxygens (including phenoxy) is 2. The smallest absolute Gasteiger partial charge is 0.419 e. The number of benzene rings is 4. The number of nitrogens with one attached hydrogen (secondary N) is 5. The lowest BCUT2D eigenvalue weighted by Crippen LogP contribution is -2.59. The van der Waals surface area contributed by atoms with Gasteiger partial charge in [-0.25, -0.2) is 14.4 Å². The molecule has 6 rings (SSSR count). The second kappa shape index (κ2) is 23.4. The number of amides is 5. The summed E-state index contributed by atoms with van der Waals surface area (Å²) in [5.41, 5.74) is 5.02. The summed E-state index contributed by atoms with van der Waals surface area (Å²) < 4.78 is 12.8. The number of carboxylic acids is 1. The summed E-state index contributed by atoms with van der Waals surface area (Å²) in [4.78, 5) is 95.9. The Morgan fingerprint density at radius 2 is 1.23 bits per heavy atom. The molecule has 0 radical (unpaired) electrons. The maximum absolute atomic E-state index is 14.5. The van der Waals surface area contributed by atoms with E-state index in [2.05, 4.69) is 26.6 Å². The highest BCUT2D eigenvalue weighted by Crippen LogP contribution is 2.44. The zero-order valence-electron chi connectivity index (χ0n) is 41.6. The lowest BCUT2D eigenvalue weighted by atomic mass is 9.97. The van der Waals surface area contributed by atoms with Crippen molar-refractivity contribution < 1.29 is 48.1 Å². The van der Waals surface area contributed by atoms with E-state index in [0.717, 1.165) is 22.3 Å². The van der Waals surface area contributed by atoms with E-state index in [0.29, 0.717) is 28.5 Å². The minimum Gasteiger partial charge on any atom is -0.480 e. The highest BCUT2D eigenvalue weighted by molar-refractivity contribution is 5.97. The fraction of sp³-hybridized carbons (Fsp3) is 0.400. The summed E-state index contributed by atoms with van der Waals surface area (Å²) in [6.45, 7) is 14.0. The minimum atomic E-state index is -1.38. The summed E-state index contributed by atoms with van der Waals surface area (Å²) in [6.07, 6.45) is 0.522. The first-order valence-corrected chi connectivity index (χ1v) is 24.2. The first-order chi connectivity index (χ1) is 33.7. The minimum absolute atomic E-state index is 0.00987. The quantitative estimate of drug-likeness (QED) is 0.0458. The molecule has 0 unspecified atom stereocenters. The van der Waals surface area contributed by atoms with Gasteiger partial charge < -0.3 is 41.2 Å². The molecule has 0 saturated heterocycles. The van der Waals surface area contributed by atoms with Crippen LogP contribution in [0.25, 0.3) is 22.0 Å². The third kappa shape index (κ3) is 13.6. The summed E-state index contributed by atoms with van der Waals surface area (Å²) in [7, 11) is 0. The topological polar surface area (TPSA) is 223 Å². The third-order valence-electron chi connectivity index (χ3n) is 12.5. The molecule has 1 aliphatic rings. The normalized spacial score (nSPS) is 14.7. The predicted molar refractivity (Wildman–Crippen MR) is 269 cm³/mol. The number of carbonyl (C=O) groups excluding carboxylic acids is 6. The van der Waals surface area contributed by atoms with Crippen molar-refractivity contribution in [1.29, 1.82) is 0 Å². The molecule has 0 spiro atoms. The Morgan fingerprint density at radius 1 is 0.648 bits per heavy atom. The van der Waals surface area contributed by atoms with Crippen molar-refractivity contribution in [3.8, 4) is 11.1 Å². The van der Waals surface area contributed by atoms with Crippen LogP contribution in [0, 0.1) is 11.8 Å². The van der Waals surface area contributed by atoms with Crippen LogP contribution in [-0.2, 0) is 46.3 Å². The third-order valence-corrected chi connectivity index (χ3v) is 12.5. The zero-order chi connectivity index (χ0) is 51.6.